The van der Waals surface area contributed by atoms with Crippen molar-refractivity contribution >= 4 is 11.4 Å². The van der Waals surface area contributed by atoms with Gasteiger partial charge in [0.05, 0.1) is 24.1 Å². The topological polar surface area (TPSA) is 69.7 Å². The Morgan fingerprint density at radius 3 is 2.60 bits per heavy atom. The number of likely N-dealkylation sites (N-methyl/N-ethyl adjacent to an activating group) is 1. The third kappa shape index (κ3) is 3.11. The second kappa shape index (κ2) is 5.58. The molecule has 4 nitrogen and oxygen atoms in total. The van der Waals surface area contributed by atoms with Gasteiger partial charge in [0, 0.05) is 13.1 Å². The van der Waals surface area contributed by atoms with Gasteiger partial charge >= 0.3 is 0 Å². The minimum atomic E-state index is -0.732. The lowest BCUT2D eigenvalue weighted by atomic mass is 10.2. The maximum absolute atomic E-state index is 9.38. The number of hydrogen-bond donors (Lipinski definition) is 3. The van der Waals surface area contributed by atoms with Crippen LogP contribution in [0.4, 0.5) is 11.4 Å². The van der Waals surface area contributed by atoms with Crippen LogP contribution in [-0.2, 0) is 0 Å². The molecule has 1 aromatic rings. The van der Waals surface area contributed by atoms with Crippen LogP contribution < -0.4 is 10.6 Å². The molecule has 15 heavy (non-hydrogen) atoms. The van der Waals surface area contributed by atoms with Crippen molar-refractivity contribution in [3.63, 3.8) is 0 Å². The Bertz CT molecular complexity index is 304. The smallest absolute Gasteiger partial charge is 0.0945 e. The van der Waals surface area contributed by atoms with Gasteiger partial charge in [0.2, 0.25) is 0 Å². The van der Waals surface area contributed by atoms with Gasteiger partial charge in [-0.2, -0.15) is 0 Å². The quantitative estimate of drug-likeness (QED) is 0.617. The Hall–Kier alpha value is -1.26. The fourth-order valence-electron chi connectivity index (χ4n) is 1.49. The molecule has 0 aliphatic heterocycles. The third-order valence-electron chi connectivity index (χ3n) is 2.30. The van der Waals surface area contributed by atoms with E-state index in [2.05, 4.69) is 0 Å². The number of nitrogens with two attached hydrogens (primary N) is 1. The van der Waals surface area contributed by atoms with E-state index in [4.69, 9.17) is 10.8 Å². The lowest BCUT2D eigenvalue weighted by Crippen LogP contribution is -2.34. The molecule has 0 aliphatic rings. The summed E-state index contributed by atoms with van der Waals surface area (Å²) in [6.45, 7) is 2.88. The average molecular weight is 210 g/mol. The molecule has 0 spiro atoms. The number of aliphatic hydroxyl groups excluding tert-OH is 2. The Morgan fingerprint density at radius 1 is 1.40 bits per heavy atom. The number of benzene rings is 1. The van der Waals surface area contributed by atoms with Crippen molar-refractivity contribution in [3.05, 3.63) is 24.3 Å². The average Bonchev–Trinajstić information content (AvgIpc) is 2.26. The van der Waals surface area contributed by atoms with Crippen molar-refractivity contribution in [3.8, 4) is 0 Å². The maximum atomic E-state index is 9.38. The number of aliphatic hydroxyl groups is 2. The number of nitrogens with zero attached hydrogens (tertiary/aromatic N) is 1. The second-order valence-corrected chi connectivity index (χ2v) is 3.43. The van der Waals surface area contributed by atoms with E-state index in [1.807, 2.05) is 36.1 Å². The van der Waals surface area contributed by atoms with E-state index in [9.17, 15) is 5.11 Å². The van der Waals surface area contributed by atoms with Gasteiger partial charge in [-0.15, -0.1) is 0 Å². The number of nitrogen functional groups attached to an aromatic ring is 1. The van der Waals surface area contributed by atoms with Gasteiger partial charge in [0.1, 0.15) is 0 Å². The molecule has 0 amide bonds. The minimum absolute atomic E-state index is 0.233. The fourth-order valence-corrected chi connectivity index (χ4v) is 1.49. The molecule has 0 radical (unpaired) electrons. The highest BCUT2D eigenvalue weighted by Gasteiger charge is 2.11. The van der Waals surface area contributed by atoms with Crippen molar-refractivity contribution < 1.29 is 10.2 Å². The first-order valence-electron chi connectivity index (χ1n) is 5.07. The molecular formula is C11H18N2O2. The van der Waals surface area contributed by atoms with Crippen LogP contribution in [-0.4, -0.2) is 36.0 Å². The first kappa shape index (κ1) is 11.8. The Labute approximate surface area is 89.9 Å². The Morgan fingerprint density at radius 2 is 2.07 bits per heavy atom. The maximum Gasteiger partial charge on any atom is 0.0945 e. The number of para-hydroxylation sites is 2. The molecule has 0 saturated heterocycles. The summed E-state index contributed by atoms with van der Waals surface area (Å²) in [6, 6.07) is 7.50. The molecule has 0 fully saturated rings. The third-order valence-corrected chi connectivity index (χ3v) is 2.30. The first-order chi connectivity index (χ1) is 7.19. The van der Waals surface area contributed by atoms with Crippen LogP contribution in [0.15, 0.2) is 24.3 Å². The van der Waals surface area contributed by atoms with E-state index >= 15 is 0 Å². The highest BCUT2D eigenvalue weighted by atomic mass is 16.3. The SMILES string of the molecule is CCN(CC(O)CO)c1ccccc1N. The normalized spacial score (nSPS) is 12.5. The minimum Gasteiger partial charge on any atom is -0.397 e. The molecule has 1 aromatic carbocycles. The van der Waals surface area contributed by atoms with Crippen LogP contribution >= 0.6 is 0 Å². The van der Waals surface area contributed by atoms with Gasteiger partial charge in [0.15, 0.2) is 0 Å². The van der Waals surface area contributed by atoms with Crippen LogP contribution in [0.25, 0.3) is 0 Å². The highest BCUT2D eigenvalue weighted by molar-refractivity contribution is 5.67. The monoisotopic (exact) mass is 210 g/mol. The molecule has 4 heteroatoms. The summed E-state index contributed by atoms with van der Waals surface area (Å²) in [6.07, 6.45) is -0.732. The zero-order valence-corrected chi connectivity index (χ0v) is 8.93. The van der Waals surface area contributed by atoms with Crippen molar-refractivity contribution in [2.75, 3.05) is 30.3 Å². The molecule has 1 unspecified atom stereocenters. The second-order valence-electron chi connectivity index (χ2n) is 3.43. The summed E-state index contributed by atoms with van der Waals surface area (Å²) < 4.78 is 0. The zero-order valence-electron chi connectivity index (χ0n) is 8.93. The van der Waals surface area contributed by atoms with Gasteiger partial charge in [-0.05, 0) is 19.1 Å². The van der Waals surface area contributed by atoms with Gasteiger partial charge < -0.3 is 20.8 Å². The Balaban J connectivity index is 2.78. The Kier molecular flexibility index (Phi) is 4.39. The van der Waals surface area contributed by atoms with Crippen molar-refractivity contribution in [1.82, 2.24) is 0 Å². The number of anilines is 2. The van der Waals surface area contributed by atoms with E-state index in [1.165, 1.54) is 0 Å². The molecule has 1 atom stereocenters. The molecule has 0 aromatic heterocycles. The van der Waals surface area contributed by atoms with E-state index in [1.54, 1.807) is 0 Å². The summed E-state index contributed by atoms with van der Waals surface area (Å²) in [4.78, 5) is 1.94. The number of hydrogen-bond acceptors (Lipinski definition) is 4. The summed E-state index contributed by atoms with van der Waals surface area (Å²) in [5.74, 6) is 0. The van der Waals surface area contributed by atoms with Crippen LogP contribution in [0.2, 0.25) is 0 Å². The lowest BCUT2D eigenvalue weighted by Gasteiger charge is -2.26. The molecule has 0 heterocycles. The van der Waals surface area contributed by atoms with Crippen LogP contribution in [0.5, 0.6) is 0 Å². The molecule has 0 aliphatic carbocycles. The summed E-state index contributed by atoms with van der Waals surface area (Å²) >= 11 is 0. The molecule has 84 valence electrons. The van der Waals surface area contributed by atoms with Crippen molar-refractivity contribution in [2.45, 2.75) is 13.0 Å². The van der Waals surface area contributed by atoms with Gasteiger partial charge in [0.25, 0.3) is 0 Å². The zero-order chi connectivity index (χ0) is 11.3. The largest absolute Gasteiger partial charge is 0.397 e. The van der Waals surface area contributed by atoms with Gasteiger partial charge in [-0.3, -0.25) is 0 Å². The van der Waals surface area contributed by atoms with E-state index in [0.717, 1.165) is 12.2 Å². The van der Waals surface area contributed by atoms with E-state index in [-0.39, 0.29) is 6.61 Å². The van der Waals surface area contributed by atoms with E-state index < -0.39 is 6.10 Å². The highest BCUT2D eigenvalue weighted by Crippen LogP contribution is 2.22. The summed E-state index contributed by atoms with van der Waals surface area (Å²) in [7, 11) is 0. The van der Waals surface area contributed by atoms with E-state index in [0.29, 0.717) is 12.2 Å². The predicted octanol–water partition coefficient (Wildman–Crippen LogP) is 0.448. The van der Waals surface area contributed by atoms with Gasteiger partial charge in [-0.25, -0.2) is 0 Å². The summed E-state index contributed by atoms with van der Waals surface area (Å²) in [5, 5.41) is 18.2. The predicted molar refractivity (Wildman–Crippen MR) is 61.8 cm³/mol. The van der Waals surface area contributed by atoms with Crippen LogP contribution in [0.1, 0.15) is 6.92 Å². The van der Waals surface area contributed by atoms with Crippen LogP contribution in [0, 0.1) is 0 Å². The van der Waals surface area contributed by atoms with Gasteiger partial charge in [-0.1, -0.05) is 12.1 Å². The standard InChI is InChI=1S/C11H18N2O2/c1-2-13(7-9(15)8-14)11-6-4-3-5-10(11)12/h3-6,9,14-15H,2,7-8,12H2,1H3. The van der Waals surface area contributed by atoms with Crippen molar-refractivity contribution in [2.24, 2.45) is 0 Å². The molecule has 0 bridgehead atoms. The number of rotatable bonds is 5. The fraction of sp³-hybridized carbons (Fsp3) is 0.455. The molecule has 0 saturated carbocycles. The molecular weight excluding hydrogens is 192 g/mol. The molecule has 4 N–H and O–H groups in total. The van der Waals surface area contributed by atoms with Crippen molar-refractivity contribution in [1.29, 1.82) is 0 Å². The molecule has 1 rings (SSSR count). The lowest BCUT2D eigenvalue weighted by molar-refractivity contribution is 0.100. The first-order valence-corrected chi connectivity index (χ1v) is 5.07. The van der Waals surface area contributed by atoms with Crippen LogP contribution in [0.3, 0.4) is 0 Å². The summed E-state index contributed by atoms with van der Waals surface area (Å²) in [5.41, 5.74) is 7.41.